The molecule has 0 saturated heterocycles. The summed E-state index contributed by atoms with van der Waals surface area (Å²) in [5.41, 5.74) is 7.22. The number of carbonyl (C=O) groups is 2. The number of hydrogen-bond acceptors (Lipinski definition) is 4. The third-order valence-electron chi connectivity index (χ3n) is 4.09. The van der Waals surface area contributed by atoms with E-state index in [-0.39, 0.29) is 17.4 Å². The first-order chi connectivity index (χ1) is 13.3. The third-order valence-corrected chi connectivity index (χ3v) is 5.15. The molecule has 0 bridgehead atoms. The first kappa shape index (κ1) is 22.3. The second kappa shape index (κ2) is 10.5. The number of likely N-dealkylation sites (N-methyl/N-ethyl adjacent to an activating group) is 1. The van der Waals surface area contributed by atoms with Crippen molar-refractivity contribution in [2.24, 2.45) is 5.73 Å². The summed E-state index contributed by atoms with van der Waals surface area (Å²) in [5.74, 6) is -1.35. The van der Waals surface area contributed by atoms with Gasteiger partial charge in [-0.1, -0.05) is 45.7 Å². The molecule has 28 heavy (non-hydrogen) atoms. The fourth-order valence-electron chi connectivity index (χ4n) is 2.48. The lowest BCUT2D eigenvalue weighted by atomic mass is 10.1. The van der Waals surface area contributed by atoms with E-state index in [1.807, 2.05) is 24.3 Å². The van der Waals surface area contributed by atoms with Crippen LogP contribution in [-0.2, 0) is 16.1 Å². The number of halogens is 3. The molecule has 0 saturated carbocycles. The number of benzene rings is 2. The van der Waals surface area contributed by atoms with Gasteiger partial charge in [-0.25, -0.2) is 4.39 Å². The number of rotatable bonds is 8. The Morgan fingerprint density at radius 3 is 2.57 bits per heavy atom. The maximum Gasteiger partial charge on any atom is 0.241 e. The zero-order valence-electron chi connectivity index (χ0n) is 15.1. The standard InChI is InChI=1S/C19H21BrClFN4O2/c1-24-17(19(28)26-12-6-7-15(22)14(21)8-12)9-16(23)18(27)25-10-11-4-2-3-5-13(11)20/h2-8,16-17,24H,9-10,23H2,1H3,(H,25,27)(H,26,28). The van der Waals surface area contributed by atoms with Crippen molar-refractivity contribution in [3.8, 4) is 0 Å². The van der Waals surface area contributed by atoms with Crippen LogP contribution < -0.4 is 21.7 Å². The number of nitrogens with one attached hydrogen (secondary N) is 3. The average molecular weight is 472 g/mol. The van der Waals surface area contributed by atoms with Gasteiger partial charge in [0.25, 0.3) is 0 Å². The number of carbonyl (C=O) groups excluding carboxylic acids is 2. The van der Waals surface area contributed by atoms with Gasteiger partial charge in [-0.15, -0.1) is 0 Å². The highest BCUT2D eigenvalue weighted by atomic mass is 79.9. The molecule has 0 spiro atoms. The third kappa shape index (κ3) is 6.27. The molecule has 2 unspecified atom stereocenters. The molecular formula is C19H21BrClFN4O2. The van der Waals surface area contributed by atoms with Crippen LogP contribution in [-0.4, -0.2) is 30.9 Å². The molecule has 2 rings (SSSR count). The van der Waals surface area contributed by atoms with E-state index in [1.165, 1.54) is 12.1 Å². The molecule has 2 amide bonds. The van der Waals surface area contributed by atoms with E-state index in [1.54, 1.807) is 7.05 Å². The monoisotopic (exact) mass is 470 g/mol. The Morgan fingerprint density at radius 1 is 1.21 bits per heavy atom. The van der Waals surface area contributed by atoms with Gasteiger partial charge in [0.15, 0.2) is 0 Å². The van der Waals surface area contributed by atoms with Gasteiger partial charge < -0.3 is 21.7 Å². The van der Waals surface area contributed by atoms with Crippen molar-refractivity contribution in [3.05, 3.63) is 63.3 Å². The van der Waals surface area contributed by atoms with Gasteiger partial charge in [0.2, 0.25) is 11.8 Å². The second-order valence-electron chi connectivity index (χ2n) is 6.11. The van der Waals surface area contributed by atoms with Crippen LogP contribution in [0.5, 0.6) is 0 Å². The van der Waals surface area contributed by atoms with E-state index in [4.69, 9.17) is 17.3 Å². The van der Waals surface area contributed by atoms with Gasteiger partial charge >= 0.3 is 0 Å². The van der Waals surface area contributed by atoms with Crippen molar-refractivity contribution in [2.45, 2.75) is 25.0 Å². The summed E-state index contributed by atoms with van der Waals surface area (Å²) in [6, 6.07) is 9.78. The van der Waals surface area contributed by atoms with Crippen molar-refractivity contribution < 1.29 is 14.0 Å². The van der Waals surface area contributed by atoms with Gasteiger partial charge in [-0.3, -0.25) is 9.59 Å². The lowest BCUT2D eigenvalue weighted by molar-refractivity contribution is -0.123. The van der Waals surface area contributed by atoms with Crippen LogP contribution in [0.4, 0.5) is 10.1 Å². The van der Waals surface area contributed by atoms with E-state index in [0.717, 1.165) is 16.1 Å². The molecule has 0 heterocycles. The predicted molar refractivity (Wildman–Crippen MR) is 111 cm³/mol. The van der Waals surface area contributed by atoms with Crippen molar-refractivity contribution >= 4 is 45.0 Å². The van der Waals surface area contributed by atoms with Crippen LogP contribution in [0.3, 0.4) is 0 Å². The van der Waals surface area contributed by atoms with Gasteiger partial charge in [-0.05, 0) is 43.3 Å². The molecule has 2 atom stereocenters. The quantitative estimate of drug-likeness (QED) is 0.476. The summed E-state index contributed by atoms with van der Waals surface area (Å²) in [6.07, 6.45) is 0.0824. The van der Waals surface area contributed by atoms with Crippen LogP contribution in [0, 0.1) is 5.82 Å². The van der Waals surface area contributed by atoms with Gasteiger partial charge in [-0.2, -0.15) is 0 Å². The molecular weight excluding hydrogens is 451 g/mol. The minimum absolute atomic E-state index is 0.0824. The maximum absolute atomic E-state index is 13.2. The summed E-state index contributed by atoms with van der Waals surface area (Å²) in [7, 11) is 1.59. The van der Waals surface area contributed by atoms with Gasteiger partial charge in [0.05, 0.1) is 17.1 Å². The Kier molecular flexibility index (Phi) is 8.37. The van der Waals surface area contributed by atoms with Crippen molar-refractivity contribution in [1.29, 1.82) is 0 Å². The Morgan fingerprint density at radius 2 is 1.93 bits per heavy atom. The molecule has 0 aromatic heterocycles. The highest BCUT2D eigenvalue weighted by Crippen LogP contribution is 2.19. The van der Waals surface area contributed by atoms with E-state index < -0.39 is 23.8 Å². The Balaban J connectivity index is 1.91. The zero-order valence-corrected chi connectivity index (χ0v) is 17.5. The van der Waals surface area contributed by atoms with Crippen molar-refractivity contribution in [2.75, 3.05) is 12.4 Å². The Bertz CT molecular complexity index is 852. The van der Waals surface area contributed by atoms with Crippen LogP contribution in [0.15, 0.2) is 46.9 Å². The Labute approximate surface area is 176 Å². The molecule has 6 nitrogen and oxygen atoms in total. The fraction of sp³-hybridized carbons (Fsp3) is 0.263. The van der Waals surface area contributed by atoms with E-state index in [0.29, 0.717) is 12.2 Å². The molecule has 0 aliphatic heterocycles. The van der Waals surface area contributed by atoms with Gasteiger partial charge in [0, 0.05) is 16.7 Å². The smallest absolute Gasteiger partial charge is 0.241 e. The topological polar surface area (TPSA) is 96.2 Å². The molecule has 0 radical (unpaired) electrons. The van der Waals surface area contributed by atoms with E-state index in [9.17, 15) is 14.0 Å². The predicted octanol–water partition coefficient (Wildman–Crippen LogP) is 2.80. The Hall–Kier alpha value is -2.00. The number of hydrogen-bond donors (Lipinski definition) is 4. The summed E-state index contributed by atoms with van der Waals surface area (Å²) in [6.45, 7) is 0.318. The largest absolute Gasteiger partial charge is 0.351 e. The highest BCUT2D eigenvalue weighted by molar-refractivity contribution is 9.10. The minimum atomic E-state index is -0.887. The summed E-state index contributed by atoms with van der Waals surface area (Å²) >= 11 is 9.13. The lowest BCUT2D eigenvalue weighted by Gasteiger charge is -2.20. The molecule has 2 aromatic carbocycles. The average Bonchev–Trinajstić information content (AvgIpc) is 2.67. The minimum Gasteiger partial charge on any atom is -0.351 e. The normalized spacial score (nSPS) is 12.9. The second-order valence-corrected chi connectivity index (χ2v) is 7.37. The van der Waals surface area contributed by atoms with Gasteiger partial charge in [0.1, 0.15) is 5.82 Å². The molecule has 2 aromatic rings. The molecule has 5 N–H and O–H groups in total. The van der Waals surface area contributed by atoms with Crippen LogP contribution in [0.1, 0.15) is 12.0 Å². The highest BCUT2D eigenvalue weighted by Gasteiger charge is 2.24. The van der Waals surface area contributed by atoms with E-state index in [2.05, 4.69) is 31.9 Å². The number of nitrogens with two attached hydrogens (primary N) is 1. The summed E-state index contributed by atoms with van der Waals surface area (Å²) in [5, 5.41) is 8.12. The lowest BCUT2D eigenvalue weighted by Crippen LogP contribution is -2.48. The summed E-state index contributed by atoms with van der Waals surface area (Å²) in [4.78, 5) is 24.7. The zero-order chi connectivity index (χ0) is 20.7. The first-order valence-corrected chi connectivity index (χ1v) is 9.68. The van der Waals surface area contributed by atoms with Crippen molar-refractivity contribution in [1.82, 2.24) is 10.6 Å². The molecule has 0 fully saturated rings. The van der Waals surface area contributed by atoms with Crippen molar-refractivity contribution in [3.63, 3.8) is 0 Å². The van der Waals surface area contributed by atoms with Crippen LogP contribution in [0.2, 0.25) is 5.02 Å². The summed E-state index contributed by atoms with van der Waals surface area (Å²) < 4.78 is 14.1. The fourth-order valence-corrected chi connectivity index (χ4v) is 3.08. The molecule has 9 heteroatoms. The molecule has 0 aliphatic carbocycles. The van der Waals surface area contributed by atoms with E-state index >= 15 is 0 Å². The molecule has 0 aliphatic rings. The maximum atomic E-state index is 13.2. The van der Waals surface area contributed by atoms with Crippen LogP contribution in [0.25, 0.3) is 0 Å². The molecule has 150 valence electrons. The SMILES string of the molecule is CNC(CC(N)C(=O)NCc1ccccc1Br)C(=O)Nc1ccc(F)c(Cl)c1. The first-order valence-electron chi connectivity index (χ1n) is 8.51. The number of anilines is 1. The van der Waals surface area contributed by atoms with Crippen LogP contribution >= 0.6 is 27.5 Å². The number of amides is 2.